The molecule has 3 heteroatoms. The summed E-state index contributed by atoms with van der Waals surface area (Å²) in [5.74, 6) is 0.631. The van der Waals surface area contributed by atoms with Crippen LogP contribution < -0.4 is 5.32 Å². The molecular formula is C12H16BrNO. The predicted molar refractivity (Wildman–Crippen MR) is 64.8 cm³/mol. The summed E-state index contributed by atoms with van der Waals surface area (Å²) in [5, 5.41) is 3.40. The first-order valence-corrected chi connectivity index (χ1v) is 6.13. The molecule has 0 saturated carbocycles. The first-order valence-electron chi connectivity index (χ1n) is 5.33. The van der Waals surface area contributed by atoms with Crippen LogP contribution in [0.1, 0.15) is 12.5 Å². The average Bonchev–Trinajstić information content (AvgIpc) is 2.25. The highest BCUT2D eigenvalue weighted by Gasteiger charge is 2.17. The lowest BCUT2D eigenvalue weighted by Gasteiger charge is -2.28. The van der Waals surface area contributed by atoms with Crippen molar-refractivity contribution in [2.45, 2.75) is 19.6 Å². The smallest absolute Gasteiger partial charge is 0.112 e. The molecular weight excluding hydrogens is 254 g/mol. The number of hydrogen-bond donors (Lipinski definition) is 1. The summed E-state index contributed by atoms with van der Waals surface area (Å²) in [6.45, 7) is 4.12. The van der Waals surface area contributed by atoms with E-state index in [1.165, 1.54) is 5.56 Å². The Kier molecular flexibility index (Phi) is 3.78. The van der Waals surface area contributed by atoms with E-state index in [0.29, 0.717) is 5.92 Å². The van der Waals surface area contributed by atoms with E-state index in [4.69, 9.17) is 4.74 Å². The minimum atomic E-state index is 0.183. The van der Waals surface area contributed by atoms with Gasteiger partial charge in [-0.3, -0.25) is 5.32 Å². The first-order chi connectivity index (χ1) is 7.24. The van der Waals surface area contributed by atoms with Crippen LogP contribution in [0.25, 0.3) is 0 Å². The third-order valence-electron chi connectivity index (χ3n) is 2.61. The topological polar surface area (TPSA) is 21.3 Å². The SMILES string of the molecule is CC1CNC(Cc2ccc(Br)cc2)OC1. The van der Waals surface area contributed by atoms with Gasteiger partial charge in [-0.25, -0.2) is 0 Å². The van der Waals surface area contributed by atoms with Crippen molar-refractivity contribution >= 4 is 15.9 Å². The summed E-state index contributed by atoms with van der Waals surface area (Å²) in [6.07, 6.45) is 1.13. The molecule has 0 aliphatic carbocycles. The highest BCUT2D eigenvalue weighted by atomic mass is 79.9. The van der Waals surface area contributed by atoms with E-state index >= 15 is 0 Å². The largest absolute Gasteiger partial charge is 0.363 e. The van der Waals surface area contributed by atoms with Crippen molar-refractivity contribution in [1.29, 1.82) is 0 Å². The maximum Gasteiger partial charge on any atom is 0.112 e. The standard InChI is InChI=1S/C12H16BrNO/c1-9-7-14-12(15-8-9)6-10-2-4-11(13)5-3-10/h2-5,9,12,14H,6-8H2,1H3. The maximum atomic E-state index is 5.70. The third kappa shape index (κ3) is 3.30. The molecule has 1 aliphatic heterocycles. The second-order valence-electron chi connectivity index (χ2n) is 4.17. The fourth-order valence-electron chi connectivity index (χ4n) is 1.70. The summed E-state index contributed by atoms with van der Waals surface area (Å²) in [5.41, 5.74) is 1.31. The Hall–Kier alpha value is -0.380. The molecule has 1 aliphatic rings. The summed E-state index contributed by atoms with van der Waals surface area (Å²) in [4.78, 5) is 0. The number of nitrogens with one attached hydrogen (secondary N) is 1. The van der Waals surface area contributed by atoms with Crippen molar-refractivity contribution in [2.24, 2.45) is 5.92 Å². The molecule has 1 heterocycles. The molecule has 15 heavy (non-hydrogen) atoms. The van der Waals surface area contributed by atoms with Gasteiger partial charge >= 0.3 is 0 Å². The van der Waals surface area contributed by atoms with Crippen LogP contribution in [0.15, 0.2) is 28.7 Å². The Morgan fingerprint density at radius 3 is 2.73 bits per heavy atom. The highest BCUT2D eigenvalue weighted by molar-refractivity contribution is 9.10. The minimum Gasteiger partial charge on any atom is -0.363 e. The zero-order chi connectivity index (χ0) is 10.7. The highest BCUT2D eigenvalue weighted by Crippen LogP contribution is 2.14. The molecule has 2 rings (SSSR count). The van der Waals surface area contributed by atoms with Crippen LogP contribution in [0.3, 0.4) is 0 Å². The first kappa shape index (κ1) is 11.1. The molecule has 1 saturated heterocycles. The van der Waals surface area contributed by atoms with Crippen LogP contribution in [-0.2, 0) is 11.2 Å². The van der Waals surface area contributed by atoms with Crippen molar-refractivity contribution < 1.29 is 4.74 Å². The molecule has 2 unspecified atom stereocenters. The Labute approximate surface area is 99.1 Å². The zero-order valence-electron chi connectivity index (χ0n) is 8.87. The molecule has 1 aromatic carbocycles. The number of halogens is 1. The predicted octanol–water partition coefficient (Wildman–Crippen LogP) is 2.57. The zero-order valence-corrected chi connectivity index (χ0v) is 10.5. The Morgan fingerprint density at radius 1 is 1.40 bits per heavy atom. The van der Waals surface area contributed by atoms with E-state index in [2.05, 4.69) is 52.4 Å². The van der Waals surface area contributed by atoms with Gasteiger partial charge in [-0.15, -0.1) is 0 Å². The van der Waals surface area contributed by atoms with Gasteiger partial charge in [0, 0.05) is 17.4 Å². The van der Waals surface area contributed by atoms with Gasteiger partial charge in [0.2, 0.25) is 0 Å². The van der Waals surface area contributed by atoms with Crippen LogP contribution in [0.4, 0.5) is 0 Å². The van der Waals surface area contributed by atoms with Gasteiger partial charge in [-0.1, -0.05) is 35.0 Å². The van der Waals surface area contributed by atoms with E-state index in [1.54, 1.807) is 0 Å². The average molecular weight is 270 g/mol. The monoisotopic (exact) mass is 269 g/mol. The van der Waals surface area contributed by atoms with Gasteiger partial charge in [0.05, 0.1) is 6.61 Å². The van der Waals surface area contributed by atoms with Gasteiger partial charge < -0.3 is 4.74 Å². The van der Waals surface area contributed by atoms with E-state index in [1.807, 2.05) is 0 Å². The van der Waals surface area contributed by atoms with Crippen LogP contribution >= 0.6 is 15.9 Å². The van der Waals surface area contributed by atoms with Gasteiger partial charge in [0.25, 0.3) is 0 Å². The lowest BCUT2D eigenvalue weighted by molar-refractivity contribution is -0.0228. The molecule has 1 fully saturated rings. The molecule has 0 bridgehead atoms. The van der Waals surface area contributed by atoms with Gasteiger partial charge in [-0.2, -0.15) is 0 Å². The maximum absolute atomic E-state index is 5.70. The van der Waals surface area contributed by atoms with Crippen molar-refractivity contribution in [3.05, 3.63) is 34.3 Å². The quantitative estimate of drug-likeness (QED) is 0.891. The summed E-state index contributed by atoms with van der Waals surface area (Å²) < 4.78 is 6.82. The van der Waals surface area contributed by atoms with Crippen molar-refractivity contribution in [3.63, 3.8) is 0 Å². The van der Waals surface area contributed by atoms with Crippen molar-refractivity contribution in [3.8, 4) is 0 Å². The number of ether oxygens (including phenoxy) is 1. The van der Waals surface area contributed by atoms with Crippen molar-refractivity contribution in [1.82, 2.24) is 5.32 Å². The van der Waals surface area contributed by atoms with Crippen LogP contribution in [0.2, 0.25) is 0 Å². The molecule has 1 aromatic rings. The Morgan fingerprint density at radius 2 is 2.13 bits per heavy atom. The van der Waals surface area contributed by atoms with E-state index < -0.39 is 0 Å². The summed E-state index contributed by atoms with van der Waals surface area (Å²) in [6, 6.07) is 8.40. The lowest BCUT2D eigenvalue weighted by Crippen LogP contribution is -2.43. The molecule has 0 amide bonds. The second-order valence-corrected chi connectivity index (χ2v) is 5.08. The van der Waals surface area contributed by atoms with E-state index in [9.17, 15) is 0 Å². The van der Waals surface area contributed by atoms with Gasteiger partial charge in [0.15, 0.2) is 0 Å². The Balaban J connectivity index is 1.89. The van der Waals surface area contributed by atoms with Crippen molar-refractivity contribution in [2.75, 3.05) is 13.2 Å². The molecule has 1 N–H and O–H groups in total. The molecule has 2 nitrogen and oxygen atoms in total. The molecule has 0 aromatic heterocycles. The fourth-order valence-corrected chi connectivity index (χ4v) is 1.96. The van der Waals surface area contributed by atoms with E-state index in [0.717, 1.165) is 24.0 Å². The summed E-state index contributed by atoms with van der Waals surface area (Å²) in [7, 11) is 0. The number of rotatable bonds is 2. The molecule has 0 radical (unpaired) electrons. The normalized spacial score (nSPS) is 26.5. The Bertz CT molecular complexity index is 304. The molecule has 82 valence electrons. The lowest BCUT2D eigenvalue weighted by atomic mass is 10.1. The fraction of sp³-hybridized carbons (Fsp3) is 0.500. The summed E-state index contributed by atoms with van der Waals surface area (Å²) >= 11 is 3.43. The van der Waals surface area contributed by atoms with Crippen LogP contribution in [0, 0.1) is 5.92 Å². The minimum absolute atomic E-state index is 0.183. The number of hydrogen-bond acceptors (Lipinski definition) is 2. The van der Waals surface area contributed by atoms with Gasteiger partial charge in [-0.05, 0) is 23.6 Å². The van der Waals surface area contributed by atoms with Gasteiger partial charge in [0.1, 0.15) is 6.23 Å². The molecule has 2 atom stereocenters. The third-order valence-corrected chi connectivity index (χ3v) is 3.14. The second kappa shape index (κ2) is 5.10. The van der Waals surface area contributed by atoms with E-state index in [-0.39, 0.29) is 6.23 Å². The number of benzene rings is 1. The molecule has 0 spiro atoms. The van der Waals surface area contributed by atoms with Crippen LogP contribution in [-0.4, -0.2) is 19.4 Å². The van der Waals surface area contributed by atoms with Crippen LogP contribution in [0.5, 0.6) is 0 Å².